The second-order valence-corrected chi connectivity index (χ2v) is 9.25. The second-order valence-electron chi connectivity index (χ2n) is 9.25. The molecule has 0 aliphatic heterocycles. The van der Waals surface area contributed by atoms with Gasteiger partial charge in [0.05, 0.1) is 11.4 Å². The molecular formula is C31H24IrN6-2. The van der Waals surface area contributed by atoms with Gasteiger partial charge in [0.25, 0.3) is 0 Å². The molecule has 0 bridgehead atoms. The molecular weight excluding hydrogens is 649 g/mol. The molecule has 4 heterocycles. The SMILES string of the molecule is CC(C)(c1cccc(-c2[c-]cn(-c3ccccc3)n2)n1)c1cccc(-c2[c-]cn(-c3ccccc3)n2)n1.[Ir]. The Morgan fingerprint density at radius 3 is 1.39 bits per heavy atom. The Hall–Kier alpha value is -4.19. The summed E-state index contributed by atoms with van der Waals surface area (Å²) in [5.74, 6) is 0. The van der Waals surface area contributed by atoms with E-state index in [0.717, 1.165) is 34.2 Å². The minimum atomic E-state index is -0.448. The van der Waals surface area contributed by atoms with Crippen LogP contribution in [0.25, 0.3) is 34.2 Å². The van der Waals surface area contributed by atoms with E-state index in [2.05, 4.69) is 26.0 Å². The summed E-state index contributed by atoms with van der Waals surface area (Å²) >= 11 is 0. The number of hydrogen-bond donors (Lipinski definition) is 0. The van der Waals surface area contributed by atoms with Crippen molar-refractivity contribution in [3.8, 4) is 34.2 Å². The third-order valence-electron chi connectivity index (χ3n) is 6.37. The molecule has 0 unspecified atom stereocenters. The van der Waals surface area contributed by atoms with Crippen LogP contribution in [0.1, 0.15) is 25.2 Å². The summed E-state index contributed by atoms with van der Waals surface area (Å²) < 4.78 is 3.62. The average molecular weight is 673 g/mol. The molecule has 2 aromatic carbocycles. The van der Waals surface area contributed by atoms with Crippen LogP contribution >= 0.6 is 0 Å². The van der Waals surface area contributed by atoms with Gasteiger partial charge in [-0.1, -0.05) is 83.7 Å². The zero-order valence-corrected chi connectivity index (χ0v) is 23.3. The second kappa shape index (κ2) is 10.7. The summed E-state index contributed by atoms with van der Waals surface area (Å²) in [6.07, 6.45) is 3.67. The van der Waals surface area contributed by atoms with Crippen LogP contribution in [-0.4, -0.2) is 29.5 Å². The molecule has 0 fully saturated rings. The molecule has 0 aliphatic carbocycles. The Kier molecular flexibility index (Phi) is 7.14. The van der Waals surface area contributed by atoms with Gasteiger partial charge in [0.1, 0.15) is 0 Å². The van der Waals surface area contributed by atoms with Crippen molar-refractivity contribution in [2.45, 2.75) is 19.3 Å². The predicted octanol–water partition coefficient (Wildman–Crippen LogP) is 6.11. The van der Waals surface area contributed by atoms with Crippen LogP contribution in [0.4, 0.5) is 0 Å². The maximum absolute atomic E-state index is 4.97. The van der Waals surface area contributed by atoms with Gasteiger partial charge in [-0.05, 0) is 50.2 Å². The third-order valence-corrected chi connectivity index (χ3v) is 6.37. The topological polar surface area (TPSA) is 61.4 Å². The fraction of sp³-hybridized carbons (Fsp3) is 0.0968. The van der Waals surface area contributed by atoms with Crippen molar-refractivity contribution in [1.29, 1.82) is 0 Å². The Morgan fingerprint density at radius 2 is 0.974 bits per heavy atom. The Morgan fingerprint density at radius 1 is 0.553 bits per heavy atom. The van der Waals surface area contributed by atoms with Gasteiger partial charge in [-0.25, -0.2) is 22.3 Å². The van der Waals surface area contributed by atoms with E-state index in [-0.39, 0.29) is 20.1 Å². The van der Waals surface area contributed by atoms with Gasteiger partial charge in [-0.15, -0.1) is 12.1 Å². The first-order valence-corrected chi connectivity index (χ1v) is 12.1. The molecule has 7 heteroatoms. The summed E-state index contributed by atoms with van der Waals surface area (Å²) in [4.78, 5) is 9.94. The zero-order valence-electron chi connectivity index (χ0n) is 20.9. The van der Waals surface area contributed by atoms with E-state index in [1.807, 2.05) is 119 Å². The van der Waals surface area contributed by atoms with Crippen LogP contribution in [0, 0.1) is 12.1 Å². The summed E-state index contributed by atoms with van der Waals surface area (Å²) in [5.41, 5.74) is 6.25. The molecule has 38 heavy (non-hydrogen) atoms. The van der Waals surface area contributed by atoms with Gasteiger partial charge < -0.3 is 9.97 Å². The molecule has 0 atom stereocenters. The molecule has 0 saturated carbocycles. The van der Waals surface area contributed by atoms with Crippen LogP contribution in [0.2, 0.25) is 0 Å². The largest absolute Gasteiger partial charge is 0.345 e. The van der Waals surface area contributed by atoms with Crippen molar-refractivity contribution in [1.82, 2.24) is 29.5 Å². The van der Waals surface area contributed by atoms with Crippen molar-refractivity contribution in [3.05, 3.63) is 133 Å². The number of benzene rings is 2. The van der Waals surface area contributed by atoms with E-state index in [1.54, 1.807) is 0 Å². The van der Waals surface area contributed by atoms with Crippen LogP contribution in [0.3, 0.4) is 0 Å². The molecule has 0 N–H and O–H groups in total. The molecule has 1 radical (unpaired) electrons. The molecule has 6 nitrogen and oxygen atoms in total. The van der Waals surface area contributed by atoms with Crippen LogP contribution in [0.5, 0.6) is 0 Å². The first-order valence-electron chi connectivity index (χ1n) is 12.1. The van der Waals surface area contributed by atoms with E-state index < -0.39 is 5.41 Å². The first-order chi connectivity index (χ1) is 18.1. The summed E-state index contributed by atoms with van der Waals surface area (Å²) in [7, 11) is 0. The van der Waals surface area contributed by atoms with E-state index in [0.29, 0.717) is 11.4 Å². The van der Waals surface area contributed by atoms with E-state index in [9.17, 15) is 0 Å². The molecule has 0 saturated heterocycles. The van der Waals surface area contributed by atoms with Crippen LogP contribution < -0.4 is 0 Å². The number of hydrogen-bond acceptors (Lipinski definition) is 4. The Balaban J connectivity index is 0.00000294. The molecule has 0 amide bonds. The molecule has 0 spiro atoms. The van der Waals surface area contributed by atoms with Gasteiger partial charge in [0, 0.05) is 36.9 Å². The maximum atomic E-state index is 4.97. The quantitative estimate of drug-likeness (QED) is 0.201. The third kappa shape index (κ3) is 4.99. The number of aromatic nitrogens is 6. The Labute approximate surface area is 235 Å². The fourth-order valence-electron chi connectivity index (χ4n) is 4.21. The van der Waals surface area contributed by atoms with Crippen LogP contribution in [-0.2, 0) is 25.5 Å². The van der Waals surface area contributed by atoms with Gasteiger partial charge in [-0.2, -0.15) is 0 Å². The minimum absolute atomic E-state index is 0. The average Bonchev–Trinajstić information content (AvgIpc) is 3.65. The number of rotatable bonds is 6. The molecule has 6 aromatic rings. The van der Waals surface area contributed by atoms with Gasteiger partial charge in [-0.3, -0.25) is 9.36 Å². The molecule has 4 aromatic heterocycles. The molecule has 0 aliphatic rings. The van der Waals surface area contributed by atoms with Crippen molar-refractivity contribution < 1.29 is 20.1 Å². The monoisotopic (exact) mass is 673 g/mol. The zero-order chi connectivity index (χ0) is 25.2. The van der Waals surface area contributed by atoms with E-state index >= 15 is 0 Å². The van der Waals surface area contributed by atoms with Crippen LogP contribution in [0.15, 0.2) is 109 Å². The summed E-state index contributed by atoms with van der Waals surface area (Å²) in [6, 6.07) is 38.5. The fourth-order valence-corrected chi connectivity index (χ4v) is 4.21. The van der Waals surface area contributed by atoms with Crippen molar-refractivity contribution >= 4 is 0 Å². The Bertz CT molecular complexity index is 1530. The van der Waals surface area contributed by atoms with E-state index in [1.165, 1.54) is 0 Å². The van der Waals surface area contributed by atoms with Crippen molar-refractivity contribution in [2.24, 2.45) is 0 Å². The van der Waals surface area contributed by atoms with Gasteiger partial charge in [0.2, 0.25) is 0 Å². The van der Waals surface area contributed by atoms with Crippen molar-refractivity contribution in [3.63, 3.8) is 0 Å². The molecule has 189 valence electrons. The van der Waals surface area contributed by atoms with E-state index in [4.69, 9.17) is 20.2 Å². The van der Waals surface area contributed by atoms with Gasteiger partial charge in [0.15, 0.2) is 0 Å². The number of para-hydroxylation sites is 2. The standard InChI is InChI=1S/C31H24N6.Ir/c1-31(2,29-17-9-15-25(32-29)27-19-21-36(34-27)23-11-5-3-6-12-23)30-18-10-16-26(33-30)28-20-22-37(35-28)24-13-7-4-8-14-24;/h3-18,21-22H,1-2H3;/q-2;. The maximum Gasteiger partial charge on any atom is 0.0626 e. The molecule has 6 rings (SSSR count). The summed E-state index contributed by atoms with van der Waals surface area (Å²) in [5, 5.41) is 9.39. The minimum Gasteiger partial charge on any atom is -0.345 e. The summed E-state index contributed by atoms with van der Waals surface area (Å²) in [6.45, 7) is 4.26. The number of pyridine rings is 2. The predicted molar refractivity (Wildman–Crippen MR) is 143 cm³/mol. The normalized spacial score (nSPS) is 11.2. The van der Waals surface area contributed by atoms with Crippen molar-refractivity contribution in [2.75, 3.05) is 0 Å². The number of nitrogens with zero attached hydrogens (tertiary/aromatic N) is 6. The first kappa shape index (κ1) is 25.5. The smallest absolute Gasteiger partial charge is 0.0626 e. The van der Waals surface area contributed by atoms with Gasteiger partial charge >= 0.3 is 0 Å².